The Morgan fingerprint density at radius 2 is 1.09 bits per heavy atom. The van der Waals surface area contributed by atoms with Gasteiger partial charge in [0.1, 0.15) is 0 Å². The molecule has 0 aliphatic rings. The van der Waals surface area contributed by atoms with Crippen LogP contribution in [0.3, 0.4) is 0 Å². The number of nitriles is 1. The predicted octanol–water partition coefficient (Wildman–Crippen LogP) is 15.1. The Hall–Kier alpha value is -7.45. The summed E-state index contributed by atoms with van der Waals surface area (Å²) in [5, 5.41) is 22.3. The van der Waals surface area contributed by atoms with Gasteiger partial charge in [-0.3, -0.25) is 0 Å². The van der Waals surface area contributed by atoms with Crippen molar-refractivity contribution in [3.05, 3.63) is 194 Å². The number of thiophene rings is 1. The number of fused-ring (bicyclic) bond motifs is 7. The normalized spacial score (nSPS) is 11.8. The van der Waals surface area contributed by atoms with Crippen LogP contribution >= 0.6 is 11.3 Å². The molecule has 2 heterocycles. The van der Waals surface area contributed by atoms with E-state index in [1.165, 1.54) is 91.1 Å². The summed E-state index contributed by atoms with van der Waals surface area (Å²) < 4.78 is 4.98. The second-order valence-corrected chi connectivity index (χ2v) is 15.9. The highest BCUT2D eigenvalue weighted by Gasteiger charge is 2.20. The van der Waals surface area contributed by atoms with Gasteiger partial charge in [-0.1, -0.05) is 109 Å². The zero-order valence-corrected chi connectivity index (χ0v) is 31.5. The van der Waals surface area contributed by atoms with Crippen molar-refractivity contribution in [1.82, 2.24) is 4.57 Å². The van der Waals surface area contributed by atoms with Gasteiger partial charge in [-0.25, -0.2) is 0 Å². The monoisotopic (exact) mass is 741 g/mol. The standard InChI is InChI=1S/C53H31N3S/c54-32-33-14-21-38(22-15-33)55(40-25-29-44-43-11-5-7-13-49(43)57-50(44)31-40)39-23-16-34(17-24-39)41-26-18-35-19-28-46-52-36(20-27-45(41)51(35)52)30-47-42-10-4-6-12-48(42)56(53(46)47)37-8-2-1-3-9-37/h1-31H. The Bertz CT molecular complexity index is 3570. The predicted molar refractivity (Wildman–Crippen MR) is 242 cm³/mol. The van der Waals surface area contributed by atoms with E-state index in [0.29, 0.717) is 5.56 Å². The summed E-state index contributed by atoms with van der Waals surface area (Å²) in [4.78, 5) is 2.29. The molecule has 12 rings (SSSR count). The van der Waals surface area contributed by atoms with Gasteiger partial charge in [0.25, 0.3) is 0 Å². The van der Waals surface area contributed by atoms with Gasteiger partial charge in [-0.15, -0.1) is 11.3 Å². The van der Waals surface area contributed by atoms with Gasteiger partial charge < -0.3 is 9.47 Å². The number of hydrogen-bond donors (Lipinski definition) is 0. The minimum atomic E-state index is 0.644. The van der Waals surface area contributed by atoms with E-state index in [0.717, 1.165) is 17.1 Å². The lowest BCUT2D eigenvalue weighted by Gasteiger charge is -2.26. The van der Waals surface area contributed by atoms with Gasteiger partial charge in [0.05, 0.1) is 22.7 Å². The van der Waals surface area contributed by atoms with Crippen molar-refractivity contribution >= 4 is 103 Å². The molecule has 12 aromatic rings. The number of para-hydroxylation sites is 2. The van der Waals surface area contributed by atoms with Gasteiger partial charge in [0, 0.05) is 59.1 Å². The molecule has 0 aliphatic heterocycles. The van der Waals surface area contributed by atoms with Gasteiger partial charge in [0.15, 0.2) is 0 Å². The highest BCUT2D eigenvalue weighted by atomic mass is 32.1. The Balaban J connectivity index is 1.02. The SMILES string of the molecule is N#Cc1ccc(N(c2ccc(-c3ccc4ccc5c6c(ccc3c46)cc3c4ccccc4n(-c4ccccc4)c35)cc2)c2ccc3c(c2)sc2ccccc23)cc1. The fourth-order valence-corrected chi connectivity index (χ4v) is 10.3. The molecular weight excluding hydrogens is 711 g/mol. The Kier molecular flexibility index (Phi) is 6.86. The third-order valence-electron chi connectivity index (χ3n) is 11.7. The minimum absolute atomic E-state index is 0.644. The molecule has 0 spiro atoms. The fraction of sp³-hybridized carbons (Fsp3) is 0. The molecule has 0 radical (unpaired) electrons. The largest absolute Gasteiger partial charge is 0.310 e. The summed E-state index contributed by atoms with van der Waals surface area (Å²) in [6.45, 7) is 0. The summed E-state index contributed by atoms with van der Waals surface area (Å²) in [5.74, 6) is 0. The molecule has 0 fully saturated rings. The molecule has 0 unspecified atom stereocenters. The molecule has 0 amide bonds. The Morgan fingerprint density at radius 1 is 0.456 bits per heavy atom. The highest BCUT2D eigenvalue weighted by molar-refractivity contribution is 7.25. The van der Waals surface area contributed by atoms with Crippen molar-refractivity contribution in [2.24, 2.45) is 0 Å². The minimum Gasteiger partial charge on any atom is -0.310 e. The number of hydrogen-bond acceptors (Lipinski definition) is 3. The van der Waals surface area contributed by atoms with E-state index in [4.69, 9.17) is 0 Å². The molecule has 0 saturated carbocycles. The van der Waals surface area contributed by atoms with Gasteiger partial charge in [-0.05, 0) is 117 Å². The number of rotatable bonds is 5. The first-order valence-electron chi connectivity index (χ1n) is 19.2. The lowest BCUT2D eigenvalue weighted by atomic mass is 9.89. The number of nitrogens with zero attached hydrogens (tertiary/aromatic N) is 3. The van der Waals surface area contributed by atoms with Crippen LogP contribution in [0.15, 0.2) is 188 Å². The number of benzene rings is 10. The van der Waals surface area contributed by atoms with Gasteiger partial charge in [-0.2, -0.15) is 5.26 Å². The molecular formula is C53H31N3S. The van der Waals surface area contributed by atoms with Crippen molar-refractivity contribution in [3.63, 3.8) is 0 Å². The summed E-state index contributed by atoms with van der Waals surface area (Å²) in [6, 6.07) is 70.2. The van der Waals surface area contributed by atoms with Crippen LogP contribution in [-0.4, -0.2) is 4.57 Å². The zero-order chi connectivity index (χ0) is 37.6. The lowest BCUT2D eigenvalue weighted by molar-refractivity contribution is 1.19. The van der Waals surface area contributed by atoms with E-state index in [9.17, 15) is 5.26 Å². The van der Waals surface area contributed by atoms with E-state index in [-0.39, 0.29) is 0 Å². The molecule has 0 N–H and O–H groups in total. The quantitative estimate of drug-likeness (QED) is 0.165. The molecule has 264 valence electrons. The average Bonchev–Trinajstić information content (AvgIpc) is 3.82. The van der Waals surface area contributed by atoms with Crippen molar-refractivity contribution in [1.29, 1.82) is 5.26 Å². The third-order valence-corrected chi connectivity index (χ3v) is 12.9. The van der Waals surface area contributed by atoms with Crippen LogP contribution in [0, 0.1) is 11.3 Å². The van der Waals surface area contributed by atoms with Crippen LogP contribution in [0.1, 0.15) is 5.56 Å². The Morgan fingerprint density at radius 3 is 1.91 bits per heavy atom. The van der Waals surface area contributed by atoms with E-state index >= 15 is 0 Å². The maximum Gasteiger partial charge on any atom is 0.0991 e. The van der Waals surface area contributed by atoms with Gasteiger partial charge >= 0.3 is 0 Å². The Labute approximate surface area is 332 Å². The van der Waals surface area contributed by atoms with Gasteiger partial charge in [0.2, 0.25) is 0 Å². The second-order valence-electron chi connectivity index (χ2n) is 14.8. The van der Waals surface area contributed by atoms with Crippen LogP contribution in [0.2, 0.25) is 0 Å². The first-order chi connectivity index (χ1) is 28.2. The smallest absolute Gasteiger partial charge is 0.0991 e. The molecule has 0 bridgehead atoms. The fourth-order valence-electron chi connectivity index (χ4n) is 9.20. The van der Waals surface area contributed by atoms with Crippen LogP contribution in [0.25, 0.3) is 91.1 Å². The number of aromatic nitrogens is 1. The van der Waals surface area contributed by atoms with E-state index < -0.39 is 0 Å². The molecule has 10 aromatic carbocycles. The highest BCUT2D eigenvalue weighted by Crippen LogP contribution is 2.46. The van der Waals surface area contributed by atoms with Crippen LogP contribution in [0.5, 0.6) is 0 Å². The molecule has 3 nitrogen and oxygen atoms in total. The third kappa shape index (κ3) is 4.77. The van der Waals surface area contributed by atoms with Crippen molar-refractivity contribution in [2.45, 2.75) is 0 Å². The first-order valence-corrected chi connectivity index (χ1v) is 20.0. The average molecular weight is 742 g/mol. The molecule has 2 aromatic heterocycles. The summed E-state index contributed by atoms with van der Waals surface area (Å²) in [5.41, 5.74) is 9.78. The second kappa shape index (κ2) is 12.3. The number of anilines is 3. The maximum atomic E-state index is 9.57. The van der Waals surface area contributed by atoms with Crippen LogP contribution in [-0.2, 0) is 0 Å². The van der Waals surface area contributed by atoms with Crippen molar-refractivity contribution < 1.29 is 0 Å². The summed E-state index contributed by atoms with van der Waals surface area (Å²) in [6.07, 6.45) is 0. The molecule has 0 aliphatic carbocycles. The molecule has 0 saturated heterocycles. The maximum absolute atomic E-state index is 9.57. The lowest BCUT2D eigenvalue weighted by Crippen LogP contribution is -2.09. The van der Waals surface area contributed by atoms with E-state index in [1.54, 1.807) is 0 Å². The topological polar surface area (TPSA) is 32.0 Å². The summed E-state index contributed by atoms with van der Waals surface area (Å²) in [7, 11) is 0. The molecule has 57 heavy (non-hydrogen) atoms. The van der Waals surface area contributed by atoms with Crippen molar-refractivity contribution in [2.75, 3.05) is 4.90 Å². The zero-order valence-electron chi connectivity index (χ0n) is 30.6. The van der Waals surface area contributed by atoms with Crippen LogP contribution in [0.4, 0.5) is 17.1 Å². The van der Waals surface area contributed by atoms with Crippen molar-refractivity contribution in [3.8, 4) is 22.9 Å². The van der Waals surface area contributed by atoms with Crippen LogP contribution < -0.4 is 4.90 Å². The van der Waals surface area contributed by atoms with E-state index in [2.05, 4.69) is 179 Å². The first kappa shape index (κ1) is 31.9. The molecule has 0 atom stereocenters. The molecule has 4 heteroatoms. The van der Waals surface area contributed by atoms with E-state index in [1.807, 2.05) is 35.6 Å². The summed E-state index contributed by atoms with van der Waals surface area (Å²) >= 11 is 1.82.